The number of imide groups is 1. The van der Waals surface area contributed by atoms with E-state index in [0.717, 1.165) is 17.5 Å². The van der Waals surface area contributed by atoms with Crippen LogP contribution >= 0.6 is 0 Å². The van der Waals surface area contributed by atoms with Crippen LogP contribution in [0.4, 0.5) is 0 Å². The number of carbonyl (C=O) groups excluding carboxylic acids is 3. The van der Waals surface area contributed by atoms with Crippen LogP contribution in [-0.4, -0.2) is 17.6 Å². The first-order chi connectivity index (χ1) is 10.4. The van der Waals surface area contributed by atoms with Gasteiger partial charge in [-0.05, 0) is 6.42 Å². The average Bonchev–Trinajstić information content (AvgIpc) is 2.51. The van der Waals surface area contributed by atoms with E-state index in [0.29, 0.717) is 12.8 Å². The van der Waals surface area contributed by atoms with Crippen LogP contribution in [0.3, 0.4) is 0 Å². The van der Waals surface area contributed by atoms with Gasteiger partial charge < -0.3 is 4.79 Å². The Morgan fingerprint density at radius 2 is 2.04 bits per heavy atom. The van der Waals surface area contributed by atoms with Crippen molar-refractivity contribution in [1.29, 1.82) is 0 Å². The van der Waals surface area contributed by atoms with Gasteiger partial charge in [0.15, 0.2) is 0 Å². The minimum atomic E-state index is -0.141. The predicted octanol–water partition coefficient (Wildman–Crippen LogP) is 2.95. The van der Waals surface area contributed by atoms with Crippen molar-refractivity contribution >= 4 is 17.6 Å². The zero-order valence-corrected chi connectivity index (χ0v) is 20.8. The van der Waals surface area contributed by atoms with E-state index < -0.39 is 0 Å². The number of benzene rings is 1. The molecule has 1 aliphatic rings. The van der Waals surface area contributed by atoms with Crippen LogP contribution in [0, 0.1) is 17.9 Å². The number of Topliss-reactive ketones (excluding diaryl/α,β-unsaturated/α-hetero) is 1. The minimum Gasteiger partial charge on any atom is -0.308 e. The number of rotatable bonds is 3. The number of hydrogen-bond acceptors (Lipinski definition) is 3. The van der Waals surface area contributed by atoms with Crippen LogP contribution < -0.4 is 5.32 Å². The first-order valence-electron chi connectivity index (χ1n) is 7.74. The average molecular weight is 569 g/mol. The molecular formula is C18H24NO3Rf-. The van der Waals surface area contributed by atoms with Gasteiger partial charge in [-0.25, -0.2) is 0 Å². The van der Waals surface area contributed by atoms with E-state index in [1.54, 1.807) is 0 Å². The molecule has 0 bridgehead atoms. The third-order valence-corrected chi connectivity index (χ3v) is 3.60. The van der Waals surface area contributed by atoms with Crippen molar-refractivity contribution in [2.75, 3.05) is 0 Å². The van der Waals surface area contributed by atoms with Crippen molar-refractivity contribution in [3.8, 4) is 0 Å². The Balaban J connectivity index is 0.000000427. The summed E-state index contributed by atoms with van der Waals surface area (Å²) >= 11 is 0. The van der Waals surface area contributed by atoms with Crippen molar-refractivity contribution in [2.24, 2.45) is 11.8 Å². The fourth-order valence-electron chi connectivity index (χ4n) is 2.11. The van der Waals surface area contributed by atoms with Gasteiger partial charge in [-0.2, -0.15) is 29.8 Å². The van der Waals surface area contributed by atoms with Gasteiger partial charge in [0.2, 0.25) is 11.8 Å². The number of nitrogens with one attached hydrogen (secondary N) is 1. The molecule has 1 unspecified atom stereocenters. The molecule has 2 amide bonds. The van der Waals surface area contributed by atoms with Gasteiger partial charge in [-0.1, -0.05) is 39.7 Å². The smallest absolute Gasteiger partial charge is 0.229 e. The summed E-state index contributed by atoms with van der Waals surface area (Å²) < 4.78 is 0. The number of hydrogen-bond donors (Lipinski definition) is 1. The van der Waals surface area contributed by atoms with Crippen molar-refractivity contribution in [1.82, 2.24) is 5.32 Å². The third-order valence-electron chi connectivity index (χ3n) is 3.60. The van der Waals surface area contributed by atoms with Gasteiger partial charge in [-0.15, -0.1) is 0 Å². The van der Waals surface area contributed by atoms with E-state index in [1.807, 2.05) is 45.9 Å². The van der Waals surface area contributed by atoms with E-state index >= 15 is 0 Å². The molecule has 122 valence electrons. The Morgan fingerprint density at radius 3 is 2.52 bits per heavy atom. The zero-order valence-electron chi connectivity index (χ0n) is 14.4. The molecule has 0 saturated carbocycles. The predicted molar refractivity (Wildman–Crippen MR) is 85.4 cm³/mol. The molecule has 1 aromatic rings. The maximum atomic E-state index is 11.7. The van der Waals surface area contributed by atoms with Crippen LogP contribution in [0.2, 0.25) is 0 Å². The standard InChI is InChI=1S/C12H15O.C6H9NO2.Rf/c1-4-10-7-5-6-8-11(10)12(13)9(2)3;1-4-2-3-5(8)7-6(4)9;/h5-6,8-9H,4H2,1-3H3;4H,2-3H2,1H3,(H,7,8,9);/q-1;;. The fourth-order valence-corrected chi connectivity index (χ4v) is 2.11. The van der Waals surface area contributed by atoms with Crippen LogP contribution in [0.25, 0.3) is 0 Å². The Morgan fingerprint density at radius 1 is 1.39 bits per heavy atom. The van der Waals surface area contributed by atoms with Gasteiger partial charge in [0.25, 0.3) is 0 Å². The summed E-state index contributed by atoms with van der Waals surface area (Å²) in [5.74, 6) is 0.0295. The topological polar surface area (TPSA) is 63.2 Å². The molecule has 1 aliphatic heterocycles. The van der Waals surface area contributed by atoms with Crippen LogP contribution in [0.15, 0.2) is 18.2 Å². The zero-order chi connectivity index (χ0) is 16.7. The Bertz CT molecular complexity index is 555. The SMILES string of the molecule is CC1CCC(=O)NC1=O.CCc1[c-]cccc1C(=O)C(C)C.[Rf]. The summed E-state index contributed by atoms with van der Waals surface area (Å²) in [7, 11) is 0. The monoisotopic (exact) mass is 569 g/mol. The van der Waals surface area contributed by atoms with E-state index in [2.05, 4.69) is 11.4 Å². The largest absolute Gasteiger partial charge is 0.308 e. The fraction of sp³-hybridized carbons (Fsp3) is 0.500. The molecule has 2 rings (SSSR count). The maximum absolute atomic E-state index is 11.7. The number of ketones is 1. The molecule has 1 heterocycles. The molecule has 0 spiro atoms. The molecule has 0 aromatic heterocycles. The second kappa shape index (κ2) is 9.13. The maximum Gasteiger partial charge on any atom is 0.229 e. The van der Waals surface area contributed by atoms with Crippen molar-refractivity contribution in [3.05, 3.63) is 35.4 Å². The van der Waals surface area contributed by atoms with E-state index in [1.165, 1.54) is 0 Å². The summed E-state index contributed by atoms with van der Waals surface area (Å²) in [4.78, 5) is 32.9. The van der Waals surface area contributed by atoms with Crippen LogP contribution in [0.5, 0.6) is 0 Å². The Labute approximate surface area is 132 Å². The molecule has 1 saturated heterocycles. The van der Waals surface area contributed by atoms with Gasteiger partial charge in [0.05, 0.1) is 0 Å². The molecular weight excluding hydrogens is 545 g/mol. The summed E-state index contributed by atoms with van der Waals surface area (Å²) in [6.07, 6.45) is 2.06. The summed E-state index contributed by atoms with van der Waals surface area (Å²) in [5, 5.41) is 2.25. The summed E-state index contributed by atoms with van der Waals surface area (Å²) in [5.41, 5.74) is 1.86. The van der Waals surface area contributed by atoms with E-state index in [-0.39, 0.29) is 29.4 Å². The van der Waals surface area contributed by atoms with Crippen molar-refractivity contribution in [3.63, 3.8) is 0 Å². The first-order valence-corrected chi connectivity index (χ1v) is 7.74. The minimum absolute atomic E-state index is 0. The molecule has 0 aliphatic carbocycles. The van der Waals surface area contributed by atoms with Gasteiger partial charge >= 0.3 is 0 Å². The molecule has 1 N–H and O–H groups in total. The second-order valence-electron chi connectivity index (χ2n) is 5.79. The molecule has 4 nitrogen and oxygen atoms in total. The summed E-state index contributed by atoms with van der Waals surface area (Å²) in [6.45, 7) is 7.72. The van der Waals surface area contributed by atoms with Gasteiger partial charge in [-0.3, -0.25) is 14.9 Å². The van der Waals surface area contributed by atoms with Crippen LogP contribution in [0.1, 0.15) is 56.5 Å². The molecule has 1 atom stereocenters. The van der Waals surface area contributed by atoms with E-state index in [9.17, 15) is 14.4 Å². The third kappa shape index (κ3) is 5.73. The number of piperidine rings is 1. The summed E-state index contributed by atoms with van der Waals surface area (Å²) in [6, 6.07) is 8.72. The molecule has 5 heteroatoms. The normalized spacial score (nSPS) is 16.8. The molecule has 1 fully saturated rings. The Hall–Kier alpha value is -2.97. The molecule has 23 heavy (non-hydrogen) atoms. The van der Waals surface area contributed by atoms with Crippen molar-refractivity contribution < 1.29 is 14.4 Å². The molecule has 1 aromatic carbocycles. The molecule has 0 radical (unpaired) electrons. The number of aryl methyl sites for hydroxylation is 1. The van der Waals surface area contributed by atoms with Crippen molar-refractivity contribution in [2.45, 2.75) is 47.0 Å². The second-order valence-corrected chi connectivity index (χ2v) is 5.79. The van der Waals surface area contributed by atoms with E-state index in [4.69, 9.17) is 0 Å². The Kier molecular flexibility index (Phi) is 7.95. The van der Waals surface area contributed by atoms with Gasteiger partial charge in [0, 0.05) is 18.3 Å². The van der Waals surface area contributed by atoms with Gasteiger partial charge in [0.1, 0.15) is 5.78 Å². The number of carbonyl (C=O) groups is 3. The number of amides is 2. The quantitative estimate of drug-likeness (QED) is 0.346. The van der Waals surface area contributed by atoms with Crippen LogP contribution in [-0.2, 0) is 16.0 Å². The first kappa shape index (κ1) is 20.0.